The first kappa shape index (κ1) is 17.1. The van der Waals surface area contributed by atoms with Crippen LogP contribution in [-0.2, 0) is 0 Å². The highest BCUT2D eigenvalue weighted by molar-refractivity contribution is 14.0. The van der Waals surface area contributed by atoms with Crippen molar-refractivity contribution in [2.24, 2.45) is 28.0 Å². The molecular formula is C15H30IN3. The number of nitrogens with one attached hydrogen (secondary N) is 1. The van der Waals surface area contributed by atoms with Crippen molar-refractivity contribution in [2.75, 3.05) is 13.1 Å². The van der Waals surface area contributed by atoms with E-state index in [-0.39, 0.29) is 24.0 Å². The van der Waals surface area contributed by atoms with Crippen LogP contribution in [0.5, 0.6) is 0 Å². The molecule has 0 radical (unpaired) electrons. The fraction of sp³-hybridized carbons (Fsp3) is 0.933. The highest BCUT2D eigenvalue weighted by atomic mass is 127. The zero-order valence-corrected chi connectivity index (χ0v) is 14.8. The van der Waals surface area contributed by atoms with E-state index >= 15 is 0 Å². The van der Waals surface area contributed by atoms with Gasteiger partial charge in [-0.25, -0.2) is 0 Å². The first-order valence-electron chi connectivity index (χ1n) is 7.59. The van der Waals surface area contributed by atoms with E-state index in [1.54, 1.807) is 0 Å². The molecule has 3 N–H and O–H groups in total. The number of nitrogens with zero attached hydrogens (tertiary/aromatic N) is 1. The summed E-state index contributed by atoms with van der Waals surface area (Å²) in [4.78, 5) is 4.44. The lowest BCUT2D eigenvalue weighted by atomic mass is 9.73. The van der Waals surface area contributed by atoms with E-state index in [0.717, 1.165) is 24.9 Å². The second-order valence-corrected chi connectivity index (χ2v) is 7.01. The van der Waals surface area contributed by atoms with E-state index in [4.69, 9.17) is 5.73 Å². The second kappa shape index (κ2) is 7.70. The Kier molecular flexibility index (Phi) is 6.91. The first-order valence-corrected chi connectivity index (χ1v) is 7.59. The predicted molar refractivity (Wildman–Crippen MR) is 93.0 cm³/mol. The largest absolute Gasteiger partial charge is 0.370 e. The summed E-state index contributed by atoms with van der Waals surface area (Å²) in [6.45, 7) is 6.70. The fourth-order valence-electron chi connectivity index (χ4n) is 2.87. The zero-order chi connectivity index (χ0) is 13.0. The summed E-state index contributed by atoms with van der Waals surface area (Å²) in [6.07, 6.45) is 9.41. The van der Waals surface area contributed by atoms with Crippen LogP contribution in [0.2, 0.25) is 0 Å². The Hall–Kier alpha value is 0. The smallest absolute Gasteiger partial charge is 0.188 e. The molecule has 0 saturated heterocycles. The van der Waals surface area contributed by atoms with Crippen molar-refractivity contribution in [2.45, 2.75) is 58.8 Å². The van der Waals surface area contributed by atoms with E-state index in [0.29, 0.717) is 11.4 Å². The fourth-order valence-corrected chi connectivity index (χ4v) is 2.87. The van der Waals surface area contributed by atoms with Crippen molar-refractivity contribution in [3.63, 3.8) is 0 Å². The molecule has 2 aliphatic carbocycles. The molecule has 0 bridgehead atoms. The molecule has 0 aromatic rings. The molecule has 0 aromatic heterocycles. The molecule has 0 amide bonds. The average Bonchev–Trinajstić information content (AvgIpc) is 2.25. The molecule has 4 heteroatoms. The maximum Gasteiger partial charge on any atom is 0.188 e. The number of rotatable bonds is 4. The molecule has 0 unspecified atom stereocenters. The SMILES string of the molecule is CC1(C)CCC(CNC(N)=NCC2CCC2)CC1.I. The van der Waals surface area contributed by atoms with E-state index in [1.807, 2.05) is 0 Å². The van der Waals surface area contributed by atoms with Crippen LogP contribution in [0, 0.1) is 17.3 Å². The number of guanidine groups is 1. The van der Waals surface area contributed by atoms with Gasteiger partial charge in [-0.1, -0.05) is 20.3 Å². The summed E-state index contributed by atoms with van der Waals surface area (Å²) in [5.41, 5.74) is 6.47. The van der Waals surface area contributed by atoms with Gasteiger partial charge in [-0.05, 0) is 55.8 Å². The van der Waals surface area contributed by atoms with Crippen molar-refractivity contribution in [3.05, 3.63) is 0 Å². The van der Waals surface area contributed by atoms with Gasteiger partial charge in [-0.15, -0.1) is 24.0 Å². The van der Waals surface area contributed by atoms with Gasteiger partial charge >= 0.3 is 0 Å². The van der Waals surface area contributed by atoms with Crippen molar-refractivity contribution >= 4 is 29.9 Å². The molecule has 0 heterocycles. The Balaban J connectivity index is 0.00000180. The minimum Gasteiger partial charge on any atom is -0.370 e. The number of hydrogen-bond acceptors (Lipinski definition) is 1. The van der Waals surface area contributed by atoms with Gasteiger partial charge in [-0.2, -0.15) is 0 Å². The summed E-state index contributed by atoms with van der Waals surface area (Å²) in [6, 6.07) is 0. The van der Waals surface area contributed by atoms with Crippen LogP contribution in [0.3, 0.4) is 0 Å². The maximum atomic E-state index is 5.91. The monoisotopic (exact) mass is 379 g/mol. The molecule has 112 valence electrons. The molecule has 2 rings (SSSR count). The van der Waals surface area contributed by atoms with Crippen LogP contribution in [0.4, 0.5) is 0 Å². The predicted octanol–water partition coefficient (Wildman–Crippen LogP) is 3.53. The molecule has 2 fully saturated rings. The Morgan fingerprint density at radius 1 is 1.16 bits per heavy atom. The van der Waals surface area contributed by atoms with E-state index < -0.39 is 0 Å². The molecular weight excluding hydrogens is 349 g/mol. The summed E-state index contributed by atoms with van der Waals surface area (Å²) < 4.78 is 0. The van der Waals surface area contributed by atoms with Crippen molar-refractivity contribution in [1.82, 2.24) is 5.32 Å². The maximum absolute atomic E-state index is 5.91. The zero-order valence-electron chi connectivity index (χ0n) is 12.5. The third kappa shape index (κ3) is 5.88. The number of hydrogen-bond donors (Lipinski definition) is 2. The summed E-state index contributed by atoms with van der Waals surface area (Å²) in [5.74, 6) is 2.25. The Bertz CT molecular complexity index is 288. The minimum atomic E-state index is 0. The molecule has 0 aromatic carbocycles. The number of aliphatic imine (C=N–C) groups is 1. The first-order chi connectivity index (χ1) is 8.55. The Morgan fingerprint density at radius 3 is 2.32 bits per heavy atom. The molecule has 2 saturated carbocycles. The van der Waals surface area contributed by atoms with E-state index in [1.165, 1.54) is 44.9 Å². The standard InChI is InChI=1S/C15H29N3.HI/c1-15(2)8-6-13(7-9-15)11-18-14(16)17-10-12-4-3-5-12;/h12-13H,3-11H2,1-2H3,(H3,16,17,18);1H. The molecule has 3 nitrogen and oxygen atoms in total. The van der Waals surface area contributed by atoms with Crippen molar-refractivity contribution in [1.29, 1.82) is 0 Å². The molecule has 0 aliphatic heterocycles. The van der Waals surface area contributed by atoms with Crippen molar-refractivity contribution < 1.29 is 0 Å². The topological polar surface area (TPSA) is 50.4 Å². The van der Waals surface area contributed by atoms with Crippen LogP contribution in [0.25, 0.3) is 0 Å². The van der Waals surface area contributed by atoms with Gasteiger partial charge in [0.25, 0.3) is 0 Å². The van der Waals surface area contributed by atoms with E-state index in [9.17, 15) is 0 Å². The molecule has 0 atom stereocenters. The van der Waals surface area contributed by atoms with Gasteiger partial charge in [0.2, 0.25) is 0 Å². The third-order valence-corrected chi connectivity index (χ3v) is 4.78. The highest BCUT2D eigenvalue weighted by Crippen LogP contribution is 2.37. The summed E-state index contributed by atoms with van der Waals surface area (Å²) in [5, 5.41) is 3.31. The van der Waals surface area contributed by atoms with Crippen LogP contribution >= 0.6 is 24.0 Å². The van der Waals surface area contributed by atoms with Gasteiger partial charge in [0.1, 0.15) is 0 Å². The molecule has 19 heavy (non-hydrogen) atoms. The molecule has 2 aliphatic rings. The van der Waals surface area contributed by atoms with Gasteiger partial charge in [0.05, 0.1) is 0 Å². The summed E-state index contributed by atoms with van der Waals surface area (Å²) in [7, 11) is 0. The number of halogens is 1. The summed E-state index contributed by atoms with van der Waals surface area (Å²) >= 11 is 0. The quantitative estimate of drug-likeness (QED) is 0.446. The Morgan fingerprint density at radius 2 is 1.79 bits per heavy atom. The van der Waals surface area contributed by atoms with Gasteiger partial charge < -0.3 is 11.1 Å². The van der Waals surface area contributed by atoms with Crippen LogP contribution in [0.15, 0.2) is 4.99 Å². The van der Waals surface area contributed by atoms with Gasteiger partial charge in [-0.3, -0.25) is 4.99 Å². The van der Waals surface area contributed by atoms with Crippen LogP contribution in [-0.4, -0.2) is 19.0 Å². The number of nitrogens with two attached hydrogens (primary N) is 1. The highest BCUT2D eigenvalue weighted by Gasteiger charge is 2.26. The van der Waals surface area contributed by atoms with Crippen molar-refractivity contribution in [3.8, 4) is 0 Å². The van der Waals surface area contributed by atoms with Gasteiger partial charge in [0, 0.05) is 13.1 Å². The molecule has 0 spiro atoms. The second-order valence-electron chi connectivity index (χ2n) is 7.01. The minimum absolute atomic E-state index is 0. The van der Waals surface area contributed by atoms with Gasteiger partial charge in [0.15, 0.2) is 5.96 Å². The van der Waals surface area contributed by atoms with Crippen LogP contribution < -0.4 is 11.1 Å². The lowest BCUT2D eigenvalue weighted by Gasteiger charge is -2.34. The average molecular weight is 379 g/mol. The van der Waals surface area contributed by atoms with E-state index in [2.05, 4.69) is 24.2 Å². The lowest BCUT2D eigenvalue weighted by Crippen LogP contribution is -2.37. The van der Waals surface area contributed by atoms with Crippen LogP contribution in [0.1, 0.15) is 58.8 Å². The Labute approximate surface area is 135 Å². The lowest BCUT2D eigenvalue weighted by molar-refractivity contribution is 0.192. The normalized spacial score (nSPS) is 24.4. The third-order valence-electron chi connectivity index (χ3n) is 4.78.